The minimum absolute atomic E-state index is 0.0536. The van der Waals surface area contributed by atoms with E-state index < -0.39 is 0 Å². The van der Waals surface area contributed by atoms with E-state index in [1.807, 2.05) is 24.3 Å². The third-order valence-corrected chi connectivity index (χ3v) is 4.51. The number of carbonyl (C=O) groups excluding carboxylic acids is 1. The first kappa shape index (κ1) is 14.7. The monoisotopic (exact) mass is 324 g/mol. The number of benzene rings is 2. The van der Waals surface area contributed by atoms with Crippen molar-refractivity contribution in [1.82, 2.24) is 14.9 Å². The molecule has 1 aromatic heterocycles. The van der Waals surface area contributed by atoms with Crippen LogP contribution >= 0.6 is 0 Å². The summed E-state index contributed by atoms with van der Waals surface area (Å²) in [5, 5.41) is 3.33. The van der Waals surface area contributed by atoms with Crippen LogP contribution < -0.4 is 5.32 Å². The molecule has 3 aromatic rings. The van der Waals surface area contributed by atoms with Gasteiger partial charge in [-0.25, -0.2) is 9.37 Å². The molecule has 1 aliphatic heterocycles. The van der Waals surface area contributed by atoms with Crippen molar-refractivity contribution in [3.63, 3.8) is 0 Å². The van der Waals surface area contributed by atoms with E-state index in [9.17, 15) is 9.18 Å². The zero-order chi connectivity index (χ0) is 16.7. The number of aromatic amines is 1. The fraction of sp³-hybridized carbons (Fsp3) is 0.222. The second-order valence-electron chi connectivity index (χ2n) is 6.06. The smallest absolute Gasteiger partial charge is 0.225 e. The summed E-state index contributed by atoms with van der Waals surface area (Å²) in [4.78, 5) is 21.6. The number of rotatable bonds is 3. The van der Waals surface area contributed by atoms with Crippen LogP contribution in [0.3, 0.4) is 0 Å². The molecule has 4 rings (SSSR count). The summed E-state index contributed by atoms with van der Waals surface area (Å²) in [5.41, 5.74) is 2.71. The number of anilines is 1. The summed E-state index contributed by atoms with van der Waals surface area (Å²) < 4.78 is 13.2. The molecule has 2 atom stereocenters. The molecule has 0 bridgehead atoms. The summed E-state index contributed by atoms with van der Waals surface area (Å²) >= 11 is 0. The summed E-state index contributed by atoms with van der Waals surface area (Å²) in [7, 11) is 1.77. The lowest BCUT2D eigenvalue weighted by Crippen LogP contribution is -2.30. The van der Waals surface area contributed by atoms with Crippen molar-refractivity contribution in [3.8, 4) is 0 Å². The highest BCUT2D eigenvalue weighted by molar-refractivity contribution is 5.81. The molecule has 1 fully saturated rings. The number of nitrogens with one attached hydrogen (secondary N) is 2. The number of aromatic nitrogens is 2. The van der Waals surface area contributed by atoms with Gasteiger partial charge < -0.3 is 15.2 Å². The van der Waals surface area contributed by atoms with Gasteiger partial charge in [0.15, 0.2) is 0 Å². The molecule has 2 aromatic carbocycles. The van der Waals surface area contributed by atoms with Gasteiger partial charge in [-0.15, -0.1) is 0 Å². The molecule has 0 spiro atoms. The van der Waals surface area contributed by atoms with Gasteiger partial charge in [0.1, 0.15) is 5.82 Å². The molecule has 6 heteroatoms. The molecule has 0 aliphatic carbocycles. The molecule has 0 radical (unpaired) electrons. The van der Waals surface area contributed by atoms with Crippen LogP contribution in [0.15, 0.2) is 48.5 Å². The normalized spacial score (nSPS) is 20.8. The molecule has 1 aliphatic rings. The maximum absolute atomic E-state index is 13.2. The molecule has 2 heterocycles. The number of nitrogens with zero attached hydrogens (tertiary/aromatic N) is 2. The van der Waals surface area contributed by atoms with Gasteiger partial charge in [0.2, 0.25) is 11.9 Å². The maximum Gasteiger partial charge on any atom is 0.225 e. The van der Waals surface area contributed by atoms with Crippen LogP contribution in [0, 0.1) is 5.82 Å². The Kier molecular flexibility index (Phi) is 3.45. The minimum Gasteiger partial charge on any atom is -0.350 e. The largest absolute Gasteiger partial charge is 0.350 e. The highest BCUT2D eigenvalue weighted by Crippen LogP contribution is 2.33. The predicted octanol–water partition coefficient (Wildman–Crippen LogP) is 3.09. The molecule has 24 heavy (non-hydrogen) atoms. The lowest BCUT2D eigenvalue weighted by molar-refractivity contribution is -0.127. The highest BCUT2D eigenvalue weighted by atomic mass is 19.1. The van der Waals surface area contributed by atoms with Crippen molar-refractivity contribution < 1.29 is 9.18 Å². The van der Waals surface area contributed by atoms with Crippen LogP contribution in [-0.2, 0) is 4.79 Å². The number of hydrogen-bond donors (Lipinski definition) is 2. The van der Waals surface area contributed by atoms with Gasteiger partial charge >= 0.3 is 0 Å². The van der Waals surface area contributed by atoms with Crippen molar-refractivity contribution in [1.29, 1.82) is 0 Å². The molecule has 0 saturated carbocycles. The summed E-state index contributed by atoms with van der Waals surface area (Å²) in [6.07, 6.45) is 0.371. The Balaban J connectivity index is 1.64. The Morgan fingerprint density at radius 3 is 2.71 bits per heavy atom. The lowest BCUT2D eigenvalue weighted by Gasteiger charge is -2.25. The average Bonchev–Trinajstić information content (AvgIpc) is 3.10. The van der Waals surface area contributed by atoms with Gasteiger partial charge in [-0.05, 0) is 29.8 Å². The standard InChI is InChI=1S/C18H17FN4O/c1-23-16(24)10-15(17(23)11-6-8-12(19)9-7-11)22-18-20-13-4-2-3-5-14(13)21-18/h2-9,15,17H,10H2,1H3,(H2,20,21,22). The second-order valence-corrected chi connectivity index (χ2v) is 6.06. The van der Waals surface area contributed by atoms with Crippen LogP contribution in [0.1, 0.15) is 18.0 Å². The summed E-state index contributed by atoms with van der Waals surface area (Å²) in [5.74, 6) is 0.405. The van der Waals surface area contributed by atoms with Gasteiger partial charge in [-0.2, -0.15) is 0 Å². The van der Waals surface area contributed by atoms with E-state index in [-0.39, 0.29) is 23.8 Å². The number of likely N-dealkylation sites (N-methyl/N-ethyl adjacent to an activating group) is 1. The quantitative estimate of drug-likeness (QED) is 0.778. The number of H-pyrrole nitrogens is 1. The fourth-order valence-corrected chi connectivity index (χ4v) is 3.31. The minimum atomic E-state index is -0.285. The molecule has 1 saturated heterocycles. The second kappa shape index (κ2) is 5.63. The molecule has 2 N–H and O–H groups in total. The topological polar surface area (TPSA) is 61.0 Å². The Morgan fingerprint density at radius 2 is 1.96 bits per heavy atom. The van der Waals surface area contributed by atoms with E-state index in [0.717, 1.165) is 16.6 Å². The molecular weight excluding hydrogens is 307 g/mol. The molecule has 5 nitrogen and oxygen atoms in total. The first-order valence-corrected chi connectivity index (χ1v) is 7.84. The van der Waals surface area contributed by atoms with E-state index >= 15 is 0 Å². The SMILES string of the molecule is CN1C(=O)CC(Nc2nc3ccccc3[nH]2)C1c1ccc(F)cc1. The van der Waals surface area contributed by atoms with E-state index in [4.69, 9.17) is 0 Å². The van der Waals surface area contributed by atoms with Gasteiger partial charge in [0.25, 0.3) is 0 Å². The summed E-state index contributed by atoms with van der Waals surface area (Å²) in [6.45, 7) is 0. The number of fused-ring (bicyclic) bond motifs is 1. The zero-order valence-corrected chi connectivity index (χ0v) is 13.2. The van der Waals surface area contributed by atoms with Crippen molar-refractivity contribution in [2.75, 3.05) is 12.4 Å². The van der Waals surface area contributed by atoms with E-state index in [2.05, 4.69) is 15.3 Å². The average molecular weight is 324 g/mol. The Hall–Kier alpha value is -2.89. The van der Waals surface area contributed by atoms with Gasteiger partial charge in [0.05, 0.1) is 23.1 Å². The number of carbonyl (C=O) groups is 1. The van der Waals surface area contributed by atoms with E-state index in [0.29, 0.717) is 12.4 Å². The first-order chi connectivity index (χ1) is 11.6. The number of para-hydroxylation sites is 2. The number of hydrogen-bond acceptors (Lipinski definition) is 3. The maximum atomic E-state index is 13.2. The Morgan fingerprint density at radius 1 is 1.21 bits per heavy atom. The Bertz CT molecular complexity index is 856. The molecule has 1 amide bonds. The van der Waals surface area contributed by atoms with E-state index in [1.165, 1.54) is 12.1 Å². The van der Waals surface area contributed by atoms with Crippen LogP contribution in [0.5, 0.6) is 0 Å². The van der Waals surface area contributed by atoms with Crippen LogP contribution in [0.2, 0.25) is 0 Å². The third kappa shape index (κ3) is 2.50. The van der Waals surface area contributed by atoms with Crippen molar-refractivity contribution >= 4 is 22.9 Å². The highest BCUT2D eigenvalue weighted by Gasteiger charge is 2.38. The van der Waals surface area contributed by atoms with Crippen LogP contribution in [0.25, 0.3) is 11.0 Å². The molecule has 122 valence electrons. The molecule has 2 unspecified atom stereocenters. The third-order valence-electron chi connectivity index (χ3n) is 4.51. The zero-order valence-electron chi connectivity index (χ0n) is 13.2. The number of halogens is 1. The number of likely N-dealkylation sites (tertiary alicyclic amines) is 1. The van der Waals surface area contributed by atoms with Crippen LogP contribution in [0.4, 0.5) is 10.3 Å². The molecular formula is C18H17FN4O. The van der Waals surface area contributed by atoms with Gasteiger partial charge in [0, 0.05) is 13.5 Å². The predicted molar refractivity (Wildman–Crippen MR) is 90.0 cm³/mol. The number of amides is 1. The van der Waals surface area contributed by atoms with E-state index in [1.54, 1.807) is 24.1 Å². The summed E-state index contributed by atoms with van der Waals surface area (Å²) in [6, 6.07) is 13.8. The fourth-order valence-electron chi connectivity index (χ4n) is 3.31. The van der Waals surface area contributed by atoms with Gasteiger partial charge in [-0.1, -0.05) is 24.3 Å². The Labute approximate surface area is 138 Å². The number of imidazole rings is 1. The van der Waals surface area contributed by atoms with Crippen molar-refractivity contribution in [3.05, 3.63) is 59.9 Å². The lowest BCUT2D eigenvalue weighted by atomic mass is 10.0. The first-order valence-electron chi connectivity index (χ1n) is 7.84. The van der Waals surface area contributed by atoms with Gasteiger partial charge in [-0.3, -0.25) is 4.79 Å². The van der Waals surface area contributed by atoms with Crippen molar-refractivity contribution in [2.45, 2.75) is 18.5 Å². The van der Waals surface area contributed by atoms with Crippen LogP contribution in [-0.4, -0.2) is 33.9 Å². The van der Waals surface area contributed by atoms with Crippen molar-refractivity contribution in [2.24, 2.45) is 0 Å².